The second-order valence-corrected chi connectivity index (χ2v) is 5.28. The van der Waals surface area contributed by atoms with E-state index in [1.807, 2.05) is 6.20 Å². The van der Waals surface area contributed by atoms with Crippen molar-refractivity contribution in [1.82, 2.24) is 15.3 Å². The van der Waals surface area contributed by atoms with Crippen LogP contribution in [-0.2, 0) is 19.4 Å². The number of imidazole rings is 1. The lowest BCUT2D eigenvalue weighted by Crippen LogP contribution is -2.14. The van der Waals surface area contributed by atoms with Crippen LogP contribution in [0.1, 0.15) is 41.9 Å². The van der Waals surface area contributed by atoms with Crippen LogP contribution in [0, 0.1) is 0 Å². The summed E-state index contributed by atoms with van der Waals surface area (Å²) >= 11 is 0. The molecule has 3 heteroatoms. The summed E-state index contributed by atoms with van der Waals surface area (Å²) in [6.45, 7) is 3.99. The minimum atomic E-state index is 0.547. The first-order valence-electron chi connectivity index (χ1n) is 7.18. The van der Waals surface area contributed by atoms with E-state index in [0.29, 0.717) is 5.92 Å². The Labute approximate surface area is 114 Å². The van der Waals surface area contributed by atoms with Crippen LogP contribution in [0.5, 0.6) is 0 Å². The molecule has 0 fully saturated rings. The zero-order valence-electron chi connectivity index (χ0n) is 11.4. The van der Waals surface area contributed by atoms with E-state index in [1.54, 1.807) is 0 Å². The summed E-state index contributed by atoms with van der Waals surface area (Å²) in [4.78, 5) is 8.05. The molecule has 2 aromatic rings. The van der Waals surface area contributed by atoms with Crippen molar-refractivity contribution in [2.24, 2.45) is 0 Å². The van der Waals surface area contributed by atoms with Gasteiger partial charge in [0.25, 0.3) is 0 Å². The zero-order valence-corrected chi connectivity index (χ0v) is 11.4. The molecular weight excluding hydrogens is 234 g/mol. The fraction of sp³-hybridized carbons (Fsp3) is 0.438. The number of benzene rings is 1. The molecule has 100 valence electrons. The van der Waals surface area contributed by atoms with Gasteiger partial charge in [0.15, 0.2) is 0 Å². The summed E-state index contributed by atoms with van der Waals surface area (Å²) in [7, 11) is 0. The minimum Gasteiger partial charge on any atom is -0.345 e. The Morgan fingerprint density at radius 3 is 3.00 bits per heavy atom. The van der Waals surface area contributed by atoms with Crippen LogP contribution >= 0.6 is 0 Å². The first kappa shape index (κ1) is 12.4. The highest BCUT2D eigenvalue weighted by Gasteiger charge is 2.21. The molecular formula is C16H21N3. The lowest BCUT2D eigenvalue weighted by molar-refractivity contribution is 0.558. The summed E-state index contributed by atoms with van der Waals surface area (Å²) < 4.78 is 0. The third-order valence-electron chi connectivity index (χ3n) is 3.95. The maximum atomic E-state index is 4.57. The topological polar surface area (TPSA) is 40.7 Å². The molecule has 1 aromatic carbocycles. The number of hydrogen-bond acceptors (Lipinski definition) is 2. The third-order valence-corrected chi connectivity index (χ3v) is 3.95. The van der Waals surface area contributed by atoms with Gasteiger partial charge < -0.3 is 10.3 Å². The largest absolute Gasteiger partial charge is 0.345 e. The van der Waals surface area contributed by atoms with E-state index in [2.05, 4.69) is 46.5 Å². The second-order valence-electron chi connectivity index (χ2n) is 5.28. The molecule has 1 aliphatic rings. The molecule has 3 rings (SSSR count). The highest BCUT2D eigenvalue weighted by Crippen LogP contribution is 2.30. The average Bonchev–Trinajstić information content (AvgIpc) is 2.93. The number of nitrogens with zero attached hydrogens (tertiary/aromatic N) is 1. The highest BCUT2D eigenvalue weighted by molar-refractivity contribution is 5.31. The van der Waals surface area contributed by atoms with Crippen LogP contribution in [0.25, 0.3) is 0 Å². The van der Waals surface area contributed by atoms with E-state index >= 15 is 0 Å². The van der Waals surface area contributed by atoms with Crippen LogP contribution in [0.3, 0.4) is 0 Å². The van der Waals surface area contributed by atoms with Crippen LogP contribution in [0.2, 0.25) is 0 Å². The molecule has 0 radical (unpaired) electrons. The smallest absolute Gasteiger partial charge is 0.109 e. The Balaban J connectivity index is 1.72. The normalized spacial score (nSPS) is 18.3. The molecule has 1 aliphatic carbocycles. The summed E-state index contributed by atoms with van der Waals surface area (Å²) in [6.07, 6.45) is 5.46. The standard InChI is InChI=1S/C16H21N3/c1-2-17-10-15-11-18-16(19-15)14-8-7-12-5-3-4-6-13(12)9-14/h3-6,11,14,17H,2,7-10H2,1H3,(H,18,19). The molecule has 0 bridgehead atoms. The van der Waals surface area contributed by atoms with E-state index in [0.717, 1.165) is 25.3 Å². The van der Waals surface area contributed by atoms with Gasteiger partial charge in [0.05, 0.1) is 0 Å². The zero-order chi connectivity index (χ0) is 13.1. The minimum absolute atomic E-state index is 0.547. The molecule has 1 aromatic heterocycles. The van der Waals surface area contributed by atoms with E-state index in [-0.39, 0.29) is 0 Å². The Kier molecular flexibility index (Phi) is 3.65. The van der Waals surface area contributed by atoms with Crippen molar-refractivity contribution in [3.8, 4) is 0 Å². The van der Waals surface area contributed by atoms with Crippen molar-refractivity contribution >= 4 is 0 Å². The highest BCUT2D eigenvalue weighted by atomic mass is 15.0. The van der Waals surface area contributed by atoms with Crippen molar-refractivity contribution in [3.63, 3.8) is 0 Å². The molecule has 19 heavy (non-hydrogen) atoms. The number of hydrogen-bond donors (Lipinski definition) is 2. The average molecular weight is 255 g/mol. The second kappa shape index (κ2) is 5.57. The number of H-pyrrole nitrogens is 1. The van der Waals surface area contributed by atoms with E-state index in [9.17, 15) is 0 Å². The predicted octanol–water partition coefficient (Wildman–Crippen LogP) is 2.79. The van der Waals surface area contributed by atoms with Gasteiger partial charge in [-0.2, -0.15) is 0 Å². The fourth-order valence-electron chi connectivity index (χ4n) is 2.86. The number of fused-ring (bicyclic) bond motifs is 1. The molecule has 2 N–H and O–H groups in total. The Morgan fingerprint density at radius 2 is 2.16 bits per heavy atom. The van der Waals surface area contributed by atoms with Crippen LogP contribution < -0.4 is 5.32 Å². The van der Waals surface area contributed by atoms with Gasteiger partial charge in [0.2, 0.25) is 0 Å². The SMILES string of the molecule is CCNCc1cnc(C2CCc3ccccc3C2)[nH]1. The third kappa shape index (κ3) is 2.71. The van der Waals surface area contributed by atoms with Gasteiger partial charge in [-0.25, -0.2) is 4.98 Å². The lowest BCUT2D eigenvalue weighted by Gasteiger charge is -2.22. The Morgan fingerprint density at radius 1 is 1.32 bits per heavy atom. The van der Waals surface area contributed by atoms with Crippen molar-refractivity contribution in [1.29, 1.82) is 0 Å². The summed E-state index contributed by atoms with van der Waals surface area (Å²) in [5, 5.41) is 3.33. The van der Waals surface area contributed by atoms with Crippen LogP contribution in [-0.4, -0.2) is 16.5 Å². The molecule has 1 heterocycles. The van der Waals surface area contributed by atoms with Crippen molar-refractivity contribution in [3.05, 3.63) is 53.1 Å². The van der Waals surface area contributed by atoms with Gasteiger partial charge in [-0.15, -0.1) is 0 Å². The van der Waals surface area contributed by atoms with Crippen molar-refractivity contribution in [2.45, 2.75) is 38.6 Å². The van der Waals surface area contributed by atoms with Gasteiger partial charge in [-0.05, 0) is 36.9 Å². The molecule has 0 saturated carbocycles. The van der Waals surface area contributed by atoms with Gasteiger partial charge in [-0.3, -0.25) is 0 Å². The van der Waals surface area contributed by atoms with Crippen molar-refractivity contribution < 1.29 is 0 Å². The van der Waals surface area contributed by atoms with Gasteiger partial charge >= 0.3 is 0 Å². The van der Waals surface area contributed by atoms with Gasteiger partial charge in [0, 0.05) is 24.4 Å². The Bertz CT molecular complexity index is 544. The van der Waals surface area contributed by atoms with Gasteiger partial charge in [-0.1, -0.05) is 31.2 Å². The fourth-order valence-corrected chi connectivity index (χ4v) is 2.86. The van der Waals surface area contributed by atoms with Crippen LogP contribution in [0.15, 0.2) is 30.5 Å². The predicted molar refractivity (Wildman–Crippen MR) is 77.2 cm³/mol. The maximum Gasteiger partial charge on any atom is 0.109 e. The maximum absolute atomic E-state index is 4.57. The van der Waals surface area contributed by atoms with E-state index in [4.69, 9.17) is 0 Å². The van der Waals surface area contributed by atoms with Crippen LogP contribution in [0.4, 0.5) is 0 Å². The monoisotopic (exact) mass is 255 g/mol. The number of nitrogens with one attached hydrogen (secondary N) is 2. The number of aromatic amines is 1. The molecule has 1 atom stereocenters. The summed E-state index contributed by atoms with van der Waals surface area (Å²) in [6, 6.07) is 8.79. The Hall–Kier alpha value is -1.61. The van der Waals surface area contributed by atoms with Crippen molar-refractivity contribution in [2.75, 3.05) is 6.54 Å². The molecule has 3 nitrogen and oxygen atoms in total. The number of aryl methyl sites for hydroxylation is 1. The lowest BCUT2D eigenvalue weighted by atomic mass is 9.83. The van der Waals surface area contributed by atoms with E-state index < -0.39 is 0 Å². The first-order valence-corrected chi connectivity index (χ1v) is 7.18. The molecule has 0 aliphatic heterocycles. The summed E-state index contributed by atoms with van der Waals surface area (Å²) in [5.74, 6) is 1.70. The molecule has 0 saturated heterocycles. The molecule has 0 amide bonds. The quantitative estimate of drug-likeness (QED) is 0.882. The number of rotatable bonds is 4. The first-order chi connectivity index (χ1) is 9.36. The van der Waals surface area contributed by atoms with E-state index in [1.165, 1.54) is 29.7 Å². The molecule has 1 unspecified atom stereocenters. The summed E-state index contributed by atoms with van der Waals surface area (Å²) in [5.41, 5.74) is 4.19. The number of aromatic nitrogens is 2. The molecule has 0 spiro atoms. The van der Waals surface area contributed by atoms with Gasteiger partial charge in [0.1, 0.15) is 5.82 Å².